The van der Waals surface area contributed by atoms with E-state index in [4.69, 9.17) is 4.99 Å². The van der Waals surface area contributed by atoms with E-state index in [1.54, 1.807) is 0 Å². The van der Waals surface area contributed by atoms with Gasteiger partial charge in [-0.25, -0.2) is 9.98 Å². The van der Waals surface area contributed by atoms with Gasteiger partial charge in [0.25, 0.3) is 0 Å². The summed E-state index contributed by atoms with van der Waals surface area (Å²) in [7, 11) is 0. The van der Waals surface area contributed by atoms with Crippen LogP contribution in [0.3, 0.4) is 0 Å². The van der Waals surface area contributed by atoms with E-state index in [1.807, 2.05) is 6.20 Å². The van der Waals surface area contributed by atoms with Crippen LogP contribution in [-0.2, 0) is 6.54 Å². The van der Waals surface area contributed by atoms with Gasteiger partial charge in [0, 0.05) is 32.4 Å². The summed E-state index contributed by atoms with van der Waals surface area (Å²) in [6, 6.07) is 4.24. The van der Waals surface area contributed by atoms with E-state index in [9.17, 15) is 0 Å². The zero-order chi connectivity index (χ0) is 17.2. The normalized spacial score (nSPS) is 15.2. The van der Waals surface area contributed by atoms with Gasteiger partial charge in [0.15, 0.2) is 5.96 Å². The molecule has 1 aromatic heterocycles. The second kappa shape index (κ2) is 10.2. The molecule has 5 heteroatoms. The van der Waals surface area contributed by atoms with Crippen molar-refractivity contribution < 1.29 is 0 Å². The lowest BCUT2D eigenvalue weighted by Crippen LogP contribution is -2.37. The van der Waals surface area contributed by atoms with Gasteiger partial charge in [-0.05, 0) is 56.2 Å². The Bertz CT molecular complexity index is 506. The first-order valence-electron chi connectivity index (χ1n) is 9.41. The summed E-state index contributed by atoms with van der Waals surface area (Å²) in [5.41, 5.74) is 1.21. The molecule has 0 aliphatic carbocycles. The van der Waals surface area contributed by atoms with Crippen LogP contribution < -0.4 is 15.5 Å². The van der Waals surface area contributed by atoms with Gasteiger partial charge >= 0.3 is 0 Å². The molecule has 2 rings (SSSR count). The maximum Gasteiger partial charge on any atom is 0.191 e. The Morgan fingerprint density at radius 3 is 2.79 bits per heavy atom. The third-order valence-corrected chi connectivity index (χ3v) is 4.25. The van der Waals surface area contributed by atoms with Crippen molar-refractivity contribution in [2.75, 3.05) is 31.1 Å². The van der Waals surface area contributed by atoms with Gasteiger partial charge in [-0.15, -0.1) is 0 Å². The molecule has 0 bridgehead atoms. The van der Waals surface area contributed by atoms with Crippen molar-refractivity contribution in [3.8, 4) is 0 Å². The van der Waals surface area contributed by atoms with Crippen LogP contribution in [0, 0.1) is 5.92 Å². The molecular weight excluding hydrogens is 298 g/mol. The topological polar surface area (TPSA) is 52.6 Å². The van der Waals surface area contributed by atoms with Crippen LogP contribution >= 0.6 is 0 Å². The molecule has 2 heterocycles. The number of nitrogens with zero attached hydrogens (tertiary/aromatic N) is 3. The Morgan fingerprint density at radius 2 is 2.08 bits per heavy atom. The standard InChI is InChI=1S/C19H33N5/c1-4-20-19(22-10-7-8-16(2)3)23-15-17-9-11-21-18(14-17)24-12-5-6-13-24/h9,11,14,16H,4-8,10,12-13,15H2,1-3H3,(H2,20,22,23). The number of nitrogens with one attached hydrogen (secondary N) is 2. The third kappa shape index (κ3) is 6.38. The third-order valence-electron chi connectivity index (χ3n) is 4.25. The molecule has 1 saturated heterocycles. The predicted octanol–water partition coefficient (Wildman–Crippen LogP) is 3.17. The first kappa shape index (κ1) is 18.6. The lowest BCUT2D eigenvalue weighted by atomic mass is 10.1. The highest BCUT2D eigenvalue weighted by Gasteiger charge is 2.13. The lowest BCUT2D eigenvalue weighted by molar-refractivity contribution is 0.549. The molecule has 1 aliphatic rings. The van der Waals surface area contributed by atoms with E-state index in [2.05, 4.69) is 53.4 Å². The van der Waals surface area contributed by atoms with Gasteiger partial charge in [-0.3, -0.25) is 0 Å². The molecule has 0 spiro atoms. The molecule has 0 unspecified atom stereocenters. The van der Waals surface area contributed by atoms with E-state index in [1.165, 1.54) is 31.2 Å². The minimum atomic E-state index is 0.683. The quantitative estimate of drug-likeness (QED) is 0.436. The Labute approximate surface area is 147 Å². The summed E-state index contributed by atoms with van der Waals surface area (Å²) in [5.74, 6) is 2.75. The van der Waals surface area contributed by atoms with Gasteiger partial charge in [0.05, 0.1) is 6.54 Å². The molecule has 0 saturated carbocycles. The Kier molecular flexibility index (Phi) is 7.86. The van der Waals surface area contributed by atoms with Crippen LogP contribution in [0.5, 0.6) is 0 Å². The predicted molar refractivity (Wildman–Crippen MR) is 103 cm³/mol. The van der Waals surface area contributed by atoms with Crippen molar-refractivity contribution in [3.63, 3.8) is 0 Å². The number of hydrogen-bond donors (Lipinski definition) is 2. The van der Waals surface area contributed by atoms with Crippen molar-refractivity contribution in [3.05, 3.63) is 23.9 Å². The lowest BCUT2D eigenvalue weighted by Gasteiger charge is -2.16. The van der Waals surface area contributed by atoms with Gasteiger partial charge in [-0.1, -0.05) is 13.8 Å². The number of pyridine rings is 1. The van der Waals surface area contributed by atoms with E-state index in [0.29, 0.717) is 6.54 Å². The highest BCUT2D eigenvalue weighted by atomic mass is 15.2. The van der Waals surface area contributed by atoms with Gasteiger partial charge in [-0.2, -0.15) is 0 Å². The molecular formula is C19H33N5. The summed E-state index contributed by atoms with van der Waals surface area (Å²) < 4.78 is 0. The van der Waals surface area contributed by atoms with Gasteiger partial charge in [0.1, 0.15) is 5.82 Å². The second-order valence-corrected chi connectivity index (χ2v) is 6.87. The Morgan fingerprint density at radius 1 is 1.29 bits per heavy atom. The van der Waals surface area contributed by atoms with E-state index >= 15 is 0 Å². The minimum Gasteiger partial charge on any atom is -0.357 e. The molecule has 2 N–H and O–H groups in total. The molecule has 1 aliphatic heterocycles. The largest absolute Gasteiger partial charge is 0.357 e. The average molecular weight is 332 g/mol. The zero-order valence-electron chi connectivity index (χ0n) is 15.5. The monoisotopic (exact) mass is 331 g/mol. The van der Waals surface area contributed by atoms with E-state index in [-0.39, 0.29) is 0 Å². The number of hydrogen-bond acceptors (Lipinski definition) is 3. The molecule has 0 atom stereocenters. The fraction of sp³-hybridized carbons (Fsp3) is 0.684. The first-order valence-corrected chi connectivity index (χ1v) is 9.41. The van der Waals surface area contributed by atoms with Crippen LogP contribution in [-0.4, -0.2) is 37.1 Å². The molecule has 134 valence electrons. The maximum atomic E-state index is 4.72. The number of aromatic nitrogens is 1. The zero-order valence-corrected chi connectivity index (χ0v) is 15.5. The number of guanidine groups is 1. The van der Waals surface area contributed by atoms with Crippen molar-refractivity contribution in [2.24, 2.45) is 10.9 Å². The van der Waals surface area contributed by atoms with Crippen LogP contribution in [0.1, 0.15) is 52.0 Å². The maximum absolute atomic E-state index is 4.72. The van der Waals surface area contributed by atoms with Crippen LogP contribution in [0.25, 0.3) is 0 Å². The van der Waals surface area contributed by atoms with Crippen molar-refractivity contribution >= 4 is 11.8 Å². The highest BCUT2D eigenvalue weighted by molar-refractivity contribution is 5.79. The molecule has 0 aromatic carbocycles. The second-order valence-electron chi connectivity index (χ2n) is 6.87. The van der Waals surface area contributed by atoms with E-state index < -0.39 is 0 Å². The average Bonchev–Trinajstić information content (AvgIpc) is 3.11. The van der Waals surface area contributed by atoms with Crippen molar-refractivity contribution in [1.82, 2.24) is 15.6 Å². The summed E-state index contributed by atoms with van der Waals surface area (Å²) in [6.45, 7) is 11.4. The van der Waals surface area contributed by atoms with Crippen LogP contribution in [0.15, 0.2) is 23.3 Å². The summed E-state index contributed by atoms with van der Waals surface area (Å²) in [4.78, 5) is 11.6. The minimum absolute atomic E-state index is 0.683. The highest BCUT2D eigenvalue weighted by Crippen LogP contribution is 2.18. The molecule has 24 heavy (non-hydrogen) atoms. The molecule has 1 aromatic rings. The van der Waals surface area contributed by atoms with Crippen molar-refractivity contribution in [2.45, 2.75) is 53.0 Å². The molecule has 0 amide bonds. The molecule has 5 nitrogen and oxygen atoms in total. The fourth-order valence-corrected chi connectivity index (χ4v) is 2.91. The number of anilines is 1. The SMILES string of the molecule is CCNC(=NCc1ccnc(N2CCCC2)c1)NCCCC(C)C. The van der Waals surface area contributed by atoms with Crippen LogP contribution in [0.4, 0.5) is 5.82 Å². The van der Waals surface area contributed by atoms with Crippen molar-refractivity contribution in [1.29, 1.82) is 0 Å². The fourth-order valence-electron chi connectivity index (χ4n) is 2.91. The Balaban J connectivity index is 1.88. The first-order chi connectivity index (χ1) is 11.7. The smallest absolute Gasteiger partial charge is 0.191 e. The van der Waals surface area contributed by atoms with Crippen LogP contribution in [0.2, 0.25) is 0 Å². The number of aliphatic imine (C=N–C) groups is 1. The molecule has 0 radical (unpaired) electrons. The van der Waals surface area contributed by atoms with Gasteiger partial charge < -0.3 is 15.5 Å². The van der Waals surface area contributed by atoms with Gasteiger partial charge in [0.2, 0.25) is 0 Å². The summed E-state index contributed by atoms with van der Waals surface area (Å²) in [5, 5.41) is 6.75. The summed E-state index contributed by atoms with van der Waals surface area (Å²) in [6.07, 6.45) is 6.87. The van der Waals surface area contributed by atoms with E-state index in [0.717, 1.165) is 43.9 Å². The Hall–Kier alpha value is -1.78. The number of rotatable bonds is 8. The summed E-state index contributed by atoms with van der Waals surface area (Å²) >= 11 is 0. The molecule has 1 fully saturated rings.